The molecule has 3 heterocycles. The number of fused-ring (bicyclic) bond motifs is 6. The Morgan fingerprint density at radius 2 is 1.75 bits per heavy atom. The van der Waals surface area contributed by atoms with E-state index in [9.17, 15) is 14.4 Å². The fraction of sp³-hybridized carbons (Fsp3) is 0.214. The third kappa shape index (κ3) is 3.45. The summed E-state index contributed by atoms with van der Waals surface area (Å²) in [5.74, 6) is 0.625. The van der Waals surface area contributed by atoms with Crippen LogP contribution >= 0.6 is 0 Å². The third-order valence-corrected chi connectivity index (χ3v) is 6.79. The van der Waals surface area contributed by atoms with E-state index in [1.165, 1.54) is 0 Å². The van der Waals surface area contributed by atoms with E-state index >= 15 is 0 Å². The Bertz CT molecular complexity index is 1540. The zero-order chi connectivity index (χ0) is 25.0. The minimum absolute atomic E-state index is 0.0901. The van der Waals surface area contributed by atoms with E-state index < -0.39 is 6.17 Å². The number of nitrogens with one attached hydrogen (secondary N) is 2. The van der Waals surface area contributed by atoms with Crippen molar-refractivity contribution in [1.82, 2.24) is 14.9 Å². The molecule has 0 saturated heterocycles. The van der Waals surface area contributed by atoms with Gasteiger partial charge in [0.05, 0.1) is 22.3 Å². The minimum Gasteiger partial charge on any atom is -0.342 e. The van der Waals surface area contributed by atoms with Crippen molar-refractivity contribution in [2.75, 3.05) is 16.8 Å². The molecule has 6 rings (SSSR count). The number of anilines is 2. The van der Waals surface area contributed by atoms with Crippen LogP contribution in [0, 0.1) is 0 Å². The highest BCUT2D eigenvalue weighted by atomic mass is 16.2. The lowest BCUT2D eigenvalue weighted by molar-refractivity contribution is -0.116. The van der Waals surface area contributed by atoms with Gasteiger partial charge in [0.15, 0.2) is 0 Å². The van der Waals surface area contributed by atoms with Crippen LogP contribution in [0.3, 0.4) is 0 Å². The van der Waals surface area contributed by atoms with Gasteiger partial charge in [-0.1, -0.05) is 44.2 Å². The molecule has 3 aromatic carbocycles. The first-order valence-corrected chi connectivity index (χ1v) is 12.0. The average Bonchev–Trinajstić information content (AvgIpc) is 3.43. The fourth-order valence-electron chi connectivity index (χ4n) is 5.03. The van der Waals surface area contributed by atoms with Gasteiger partial charge < -0.3 is 15.2 Å². The van der Waals surface area contributed by atoms with Gasteiger partial charge in [0.25, 0.3) is 11.8 Å². The van der Waals surface area contributed by atoms with E-state index in [0.717, 1.165) is 22.4 Å². The van der Waals surface area contributed by atoms with Crippen LogP contribution in [-0.2, 0) is 4.79 Å². The van der Waals surface area contributed by atoms with Gasteiger partial charge in [0.2, 0.25) is 5.91 Å². The van der Waals surface area contributed by atoms with Gasteiger partial charge in [0, 0.05) is 35.7 Å². The van der Waals surface area contributed by atoms with Gasteiger partial charge >= 0.3 is 0 Å². The molecule has 1 atom stereocenters. The second-order valence-electron chi connectivity index (χ2n) is 9.46. The van der Waals surface area contributed by atoms with Gasteiger partial charge in [-0.05, 0) is 36.4 Å². The first-order chi connectivity index (χ1) is 17.4. The summed E-state index contributed by atoms with van der Waals surface area (Å²) < 4.78 is 0. The highest BCUT2D eigenvalue weighted by molar-refractivity contribution is 6.16. The lowest BCUT2D eigenvalue weighted by Crippen LogP contribution is -2.48. The molecule has 1 aromatic heterocycles. The molecular formula is C28H25N5O3. The largest absolute Gasteiger partial charge is 0.342 e. The molecule has 36 heavy (non-hydrogen) atoms. The highest BCUT2D eigenvalue weighted by Gasteiger charge is 2.47. The van der Waals surface area contributed by atoms with Crippen LogP contribution in [0.25, 0.3) is 11.0 Å². The summed E-state index contributed by atoms with van der Waals surface area (Å²) in [4.78, 5) is 50.8. The van der Waals surface area contributed by atoms with E-state index in [1.807, 2.05) is 42.5 Å². The lowest BCUT2D eigenvalue weighted by Gasteiger charge is -2.40. The lowest BCUT2D eigenvalue weighted by atomic mass is 10.0. The second kappa shape index (κ2) is 8.34. The molecule has 2 aliphatic heterocycles. The molecule has 0 fully saturated rings. The number of carbonyl (C=O) groups excluding carboxylic acids is 3. The fourth-order valence-corrected chi connectivity index (χ4v) is 5.03. The predicted octanol–water partition coefficient (Wildman–Crippen LogP) is 4.83. The van der Waals surface area contributed by atoms with Gasteiger partial charge in [-0.15, -0.1) is 0 Å². The maximum absolute atomic E-state index is 13.5. The first kappa shape index (κ1) is 22.0. The van der Waals surface area contributed by atoms with Crippen LogP contribution in [0.4, 0.5) is 11.4 Å². The topological polar surface area (TPSA) is 98.4 Å². The molecule has 3 amide bonds. The van der Waals surface area contributed by atoms with Crippen molar-refractivity contribution in [2.24, 2.45) is 0 Å². The summed E-state index contributed by atoms with van der Waals surface area (Å²) in [5, 5.41) is 2.93. The number of nitrogens with zero attached hydrogens (tertiary/aromatic N) is 3. The van der Waals surface area contributed by atoms with E-state index in [4.69, 9.17) is 0 Å². The first-order valence-electron chi connectivity index (χ1n) is 12.0. The Morgan fingerprint density at radius 3 is 2.56 bits per heavy atom. The normalized spacial score (nSPS) is 16.4. The maximum Gasteiger partial charge on any atom is 0.260 e. The van der Waals surface area contributed by atoms with Crippen molar-refractivity contribution in [3.8, 4) is 0 Å². The van der Waals surface area contributed by atoms with E-state index in [0.29, 0.717) is 22.5 Å². The number of hydrogen-bond acceptors (Lipinski definition) is 4. The number of carbonyl (C=O) groups is 3. The van der Waals surface area contributed by atoms with Crippen LogP contribution in [0.1, 0.15) is 64.5 Å². The summed E-state index contributed by atoms with van der Waals surface area (Å²) in [6, 6.07) is 20.0. The summed E-state index contributed by atoms with van der Waals surface area (Å²) in [6.45, 7) is 4.31. The molecule has 0 spiro atoms. The molecular weight excluding hydrogens is 454 g/mol. The Morgan fingerprint density at radius 1 is 1.00 bits per heavy atom. The number of imidazole rings is 1. The van der Waals surface area contributed by atoms with Crippen LogP contribution in [-0.4, -0.2) is 39.1 Å². The van der Waals surface area contributed by atoms with Crippen molar-refractivity contribution in [1.29, 1.82) is 0 Å². The predicted molar refractivity (Wildman–Crippen MR) is 137 cm³/mol. The van der Waals surface area contributed by atoms with Crippen LogP contribution in [0.5, 0.6) is 0 Å². The molecule has 0 saturated carbocycles. The summed E-state index contributed by atoms with van der Waals surface area (Å²) >= 11 is 0. The number of aromatic amines is 1. The number of H-pyrrole nitrogens is 1. The van der Waals surface area contributed by atoms with Crippen LogP contribution in [0.2, 0.25) is 0 Å². The zero-order valence-corrected chi connectivity index (χ0v) is 20.0. The average molecular weight is 480 g/mol. The molecule has 0 aliphatic carbocycles. The number of benzene rings is 3. The molecule has 4 aromatic rings. The van der Waals surface area contributed by atoms with Crippen molar-refractivity contribution < 1.29 is 14.4 Å². The molecule has 2 N–H and O–H groups in total. The number of para-hydroxylation sites is 1. The quantitative estimate of drug-likeness (QED) is 0.428. The van der Waals surface area contributed by atoms with Gasteiger partial charge in [-0.25, -0.2) is 4.98 Å². The SMILES string of the molecule is CC(C)c1nc2ccc(NC(=O)CCN3C(=O)c4ccccc4N4C(=O)c5ccccc5[C@@H]34)cc2[nH]1. The third-order valence-electron chi connectivity index (χ3n) is 6.79. The minimum atomic E-state index is -0.570. The second-order valence-corrected chi connectivity index (χ2v) is 9.46. The van der Waals surface area contributed by atoms with E-state index in [2.05, 4.69) is 29.1 Å². The molecule has 180 valence electrons. The molecule has 0 radical (unpaired) electrons. The summed E-state index contributed by atoms with van der Waals surface area (Å²) in [6.07, 6.45) is -0.480. The molecule has 2 aliphatic rings. The van der Waals surface area contributed by atoms with Crippen molar-refractivity contribution in [3.63, 3.8) is 0 Å². The Hall–Kier alpha value is -4.46. The Balaban J connectivity index is 1.24. The summed E-state index contributed by atoms with van der Waals surface area (Å²) in [5.41, 5.74) is 4.77. The zero-order valence-electron chi connectivity index (χ0n) is 20.0. The molecule has 8 nitrogen and oxygen atoms in total. The number of amides is 3. The Labute approximate surface area is 207 Å². The van der Waals surface area contributed by atoms with Gasteiger partial charge in [-0.3, -0.25) is 19.3 Å². The van der Waals surface area contributed by atoms with Crippen LogP contribution in [0.15, 0.2) is 66.7 Å². The monoisotopic (exact) mass is 479 g/mol. The van der Waals surface area contributed by atoms with Gasteiger partial charge in [0.1, 0.15) is 12.0 Å². The molecule has 8 heteroatoms. The highest BCUT2D eigenvalue weighted by Crippen LogP contribution is 2.45. The molecule has 0 unspecified atom stereocenters. The van der Waals surface area contributed by atoms with Crippen LogP contribution < -0.4 is 10.2 Å². The smallest absolute Gasteiger partial charge is 0.260 e. The number of rotatable bonds is 5. The van der Waals surface area contributed by atoms with Crippen molar-refractivity contribution in [2.45, 2.75) is 32.4 Å². The van der Waals surface area contributed by atoms with Gasteiger partial charge in [-0.2, -0.15) is 0 Å². The maximum atomic E-state index is 13.5. The van der Waals surface area contributed by atoms with Crippen molar-refractivity contribution in [3.05, 3.63) is 89.2 Å². The number of hydrogen-bond donors (Lipinski definition) is 2. The summed E-state index contributed by atoms with van der Waals surface area (Å²) in [7, 11) is 0. The molecule has 0 bridgehead atoms. The van der Waals surface area contributed by atoms with E-state index in [1.54, 1.807) is 34.1 Å². The standard InChI is InChI=1S/C28H25N5O3/c1-16(2)25-30-21-12-11-17(15-22(21)31-25)29-24(34)13-14-32-26-18-7-3-4-8-19(18)28(36)33(26)23-10-6-5-9-20(23)27(32)35/h3-12,15-16,26H,13-14H2,1-2H3,(H,29,34)(H,30,31)/t26-/m0/s1. The Kier molecular flexibility index (Phi) is 5.10. The van der Waals surface area contributed by atoms with E-state index in [-0.39, 0.29) is 36.6 Å². The van der Waals surface area contributed by atoms with Crippen molar-refractivity contribution >= 4 is 40.1 Å². The number of aromatic nitrogens is 2.